The molecule has 0 aromatic heterocycles. The molecule has 0 spiro atoms. The summed E-state index contributed by atoms with van der Waals surface area (Å²) in [4.78, 5) is 37.1. The van der Waals surface area contributed by atoms with Gasteiger partial charge in [0.2, 0.25) is 5.91 Å². The summed E-state index contributed by atoms with van der Waals surface area (Å²) < 4.78 is 11.3. The van der Waals surface area contributed by atoms with Crippen molar-refractivity contribution in [3.8, 4) is 5.75 Å². The third kappa shape index (κ3) is 8.13. The van der Waals surface area contributed by atoms with Crippen LogP contribution >= 0.6 is 0 Å². The molecule has 2 atom stereocenters. The summed E-state index contributed by atoms with van der Waals surface area (Å²) in [5.74, 6) is -0.452. The maximum absolute atomic E-state index is 12.6. The number of carbonyl (C=O) groups excluding carboxylic acids is 3. The van der Waals surface area contributed by atoms with Crippen molar-refractivity contribution >= 4 is 17.8 Å². The van der Waals surface area contributed by atoms with Crippen molar-refractivity contribution in [3.63, 3.8) is 0 Å². The van der Waals surface area contributed by atoms with Crippen LogP contribution in [-0.2, 0) is 25.5 Å². The lowest BCUT2D eigenvalue weighted by molar-refractivity contribution is -0.158. The lowest BCUT2D eigenvalue weighted by atomic mass is 10.1. The fourth-order valence-corrected chi connectivity index (χ4v) is 3.09. The first-order valence-corrected chi connectivity index (χ1v) is 10.4. The van der Waals surface area contributed by atoms with E-state index in [1.165, 1.54) is 0 Å². The number of rotatable bonds is 2. The first-order valence-electron chi connectivity index (χ1n) is 10.4. The predicted octanol–water partition coefficient (Wildman–Crippen LogP) is 2.51. The van der Waals surface area contributed by atoms with Gasteiger partial charge in [0.05, 0.1) is 6.61 Å². The average Bonchev–Trinajstić information content (AvgIpc) is 2.65. The molecule has 1 aromatic carbocycles. The van der Waals surface area contributed by atoms with Crippen LogP contribution in [0.25, 0.3) is 0 Å². The fraction of sp³-hybridized carbons (Fsp3) is 0.591. The second-order valence-electron chi connectivity index (χ2n) is 7.74. The summed E-state index contributed by atoms with van der Waals surface area (Å²) in [6.45, 7) is 5.85. The van der Waals surface area contributed by atoms with Crippen molar-refractivity contribution in [2.45, 2.75) is 77.5 Å². The zero-order valence-electron chi connectivity index (χ0n) is 17.5. The number of hydrogen-bond acceptors (Lipinski definition) is 5. The van der Waals surface area contributed by atoms with Gasteiger partial charge in [0.1, 0.15) is 11.8 Å². The molecule has 0 saturated carbocycles. The molecule has 7 heteroatoms. The molecule has 0 fully saturated rings. The highest BCUT2D eigenvalue weighted by Gasteiger charge is 2.27. The van der Waals surface area contributed by atoms with Crippen LogP contribution in [0.15, 0.2) is 24.3 Å². The van der Waals surface area contributed by atoms with Crippen molar-refractivity contribution in [2.24, 2.45) is 0 Å². The number of ether oxygens (including phenoxy) is 2. The topological polar surface area (TPSA) is 93.7 Å². The Bertz CT molecular complexity index is 704. The smallest absolute Gasteiger partial charge is 0.329 e. The van der Waals surface area contributed by atoms with Crippen LogP contribution in [0.1, 0.15) is 58.4 Å². The van der Waals surface area contributed by atoms with Crippen LogP contribution in [0.2, 0.25) is 0 Å². The van der Waals surface area contributed by atoms with Gasteiger partial charge >= 0.3 is 5.97 Å². The fourth-order valence-electron chi connectivity index (χ4n) is 3.09. The van der Waals surface area contributed by atoms with E-state index in [4.69, 9.17) is 9.47 Å². The van der Waals surface area contributed by atoms with Gasteiger partial charge in [-0.1, -0.05) is 25.0 Å². The number of cyclic esters (lactones) is 1. The van der Waals surface area contributed by atoms with E-state index in [2.05, 4.69) is 10.6 Å². The molecule has 1 aliphatic heterocycles. The minimum Gasteiger partial charge on any atom is -0.494 e. The Morgan fingerprint density at radius 2 is 1.93 bits per heavy atom. The quantitative estimate of drug-likeness (QED) is 0.739. The molecule has 2 amide bonds. The Balaban J connectivity index is 2.20. The van der Waals surface area contributed by atoms with E-state index in [0.717, 1.165) is 37.0 Å². The summed E-state index contributed by atoms with van der Waals surface area (Å²) in [5, 5.41) is 5.45. The number of hydrogen-bond donors (Lipinski definition) is 2. The SMILES string of the molecule is CC(C)NC(=O)C1Cc2cccc(c2)OCCCCCCC(=O)NC(C)C(=O)O1. The van der Waals surface area contributed by atoms with Crippen LogP contribution in [0.5, 0.6) is 5.75 Å². The second kappa shape index (κ2) is 11.4. The predicted molar refractivity (Wildman–Crippen MR) is 109 cm³/mol. The maximum Gasteiger partial charge on any atom is 0.329 e. The van der Waals surface area contributed by atoms with Crippen molar-refractivity contribution in [1.29, 1.82) is 0 Å². The molecular weight excluding hydrogens is 372 g/mol. The molecule has 1 aliphatic rings. The van der Waals surface area contributed by atoms with Crippen LogP contribution in [0, 0.1) is 0 Å². The highest BCUT2D eigenvalue weighted by Crippen LogP contribution is 2.17. The van der Waals surface area contributed by atoms with Gasteiger partial charge < -0.3 is 20.1 Å². The number of nitrogens with one attached hydrogen (secondary N) is 2. The van der Waals surface area contributed by atoms with E-state index in [1.54, 1.807) is 6.92 Å². The molecule has 2 rings (SSSR count). The zero-order chi connectivity index (χ0) is 21.2. The third-order valence-corrected chi connectivity index (χ3v) is 4.60. The monoisotopic (exact) mass is 404 g/mol. The van der Waals surface area contributed by atoms with Crippen LogP contribution in [0.3, 0.4) is 0 Å². The standard InChI is InChI=1S/C22H32N2O5/c1-15(2)23-21(26)19-14-17-9-8-10-18(13-17)28-12-7-5-4-6-11-20(25)24-16(3)22(27)29-19/h8-10,13,15-16,19H,4-7,11-12,14H2,1-3H3,(H,23,26)(H,24,25). The van der Waals surface area contributed by atoms with E-state index >= 15 is 0 Å². The molecule has 2 bridgehead atoms. The molecule has 160 valence electrons. The maximum atomic E-state index is 12.6. The first kappa shape index (κ1) is 22.7. The van der Waals surface area contributed by atoms with Crippen LogP contribution in [0.4, 0.5) is 0 Å². The molecule has 2 unspecified atom stereocenters. The van der Waals surface area contributed by atoms with Crippen LogP contribution < -0.4 is 15.4 Å². The number of esters is 1. The Morgan fingerprint density at radius 3 is 2.69 bits per heavy atom. The van der Waals surface area contributed by atoms with Crippen molar-refractivity contribution < 1.29 is 23.9 Å². The van der Waals surface area contributed by atoms with Gasteiger partial charge in [0, 0.05) is 18.9 Å². The minimum absolute atomic E-state index is 0.0860. The number of amides is 2. The summed E-state index contributed by atoms with van der Waals surface area (Å²) in [5.41, 5.74) is 0.834. The molecule has 0 saturated heterocycles. The van der Waals surface area contributed by atoms with Gasteiger partial charge in [0.15, 0.2) is 6.10 Å². The van der Waals surface area contributed by atoms with Crippen LogP contribution in [-0.4, -0.2) is 42.6 Å². The lowest BCUT2D eigenvalue weighted by Gasteiger charge is -2.22. The van der Waals surface area contributed by atoms with Crippen molar-refractivity contribution in [2.75, 3.05) is 6.61 Å². The zero-order valence-corrected chi connectivity index (χ0v) is 17.5. The Labute approximate surface area is 172 Å². The minimum atomic E-state index is -0.991. The molecule has 2 N–H and O–H groups in total. The van der Waals surface area contributed by atoms with Gasteiger partial charge in [-0.3, -0.25) is 9.59 Å². The molecule has 0 aliphatic carbocycles. The summed E-state index contributed by atoms with van der Waals surface area (Å²) >= 11 is 0. The van der Waals surface area contributed by atoms with Gasteiger partial charge in [-0.05, 0) is 51.3 Å². The molecule has 0 radical (unpaired) electrons. The third-order valence-electron chi connectivity index (χ3n) is 4.60. The first-order chi connectivity index (χ1) is 13.8. The average molecular weight is 405 g/mol. The molecule has 7 nitrogen and oxygen atoms in total. The summed E-state index contributed by atoms with van der Waals surface area (Å²) in [7, 11) is 0. The Morgan fingerprint density at radius 1 is 1.17 bits per heavy atom. The highest BCUT2D eigenvalue weighted by atomic mass is 16.5. The molecule has 1 aromatic rings. The molecule has 29 heavy (non-hydrogen) atoms. The summed E-state index contributed by atoms with van der Waals surface area (Å²) in [6, 6.07) is 6.57. The highest BCUT2D eigenvalue weighted by molar-refractivity contribution is 5.87. The number of benzene rings is 1. The summed E-state index contributed by atoms with van der Waals surface area (Å²) in [6.07, 6.45) is 3.15. The van der Waals surface area contributed by atoms with E-state index < -0.39 is 18.1 Å². The lowest BCUT2D eigenvalue weighted by Crippen LogP contribution is -2.46. The van der Waals surface area contributed by atoms with Crippen molar-refractivity contribution in [1.82, 2.24) is 10.6 Å². The number of fused-ring (bicyclic) bond motifs is 2. The normalized spacial score (nSPS) is 22.1. The Kier molecular flexibility index (Phi) is 8.96. The van der Waals surface area contributed by atoms with E-state index in [9.17, 15) is 14.4 Å². The molecule has 1 heterocycles. The number of carbonyl (C=O) groups is 3. The van der Waals surface area contributed by atoms with E-state index in [-0.39, 0.29) is 24.3 Å². The largest absolute Gasteiger partial charge is 0.494 e. The van der Waals surface area contributed by atoms with Crippen molar-refractivity contribution in [3.05, 3.63) is 29.8 Å². The van der Waals surface area contributed by atoms with Gasteiger partial charge in [0.25, 0.3) is 5.91 Å². The van der Waals surface area contributed by atoms with Gasteiger partial charge in [-0.15, -0.1) is 0 Å². The van der Waals surface area contributed by atoms with Gasteiger partial charge in [-0.25, -0.2) is 4.79 Å². The second-order valence-corrected chi connectivity index (χ2v) is 7.74. The van der Waals surface area contributed by atoms with E-state index in [1.807, 2.05) is 38.1 Å². The van der Waals surface area contributed by atoms with E-state index in [0.29, 0.717) is 13.0 Å². The Hall–Kier alpha value is -2.57. The molecular formula is C22H32N2O5. The van der Waals surface area contributed by atoms with Gasteiger partial charge in [-0.2, -0.15) is 0 Å².